The third-order valence-corrected chi connectivity index (χ3v) is 3.11. The van der Waals surface area contributed by atoms with Crippen molar-refractivity contribution in [2.45, 2.75) is 6.42 Å². The van der Waals surface area contributed by atoms with E-state index in [0.29, 0.717) is 30.0 Å². The van der Waals surface area contributed by atoms with Crippen LogP contribution in [0.3, 0.4) is 0 Å². The first-order chi connectivity index (χ1) is 8.66. The Kier molecular flexibility index (Phi) is 4.15. The van der Waals surface area contributed by atoms with Gasteiger partial charge < -0.3 is 11.1 Å². The van der Waals surface area contributed by atoms with Crippen LogP contribution in [0.2, 0.25) is 0 Å². The van der Waals surface area contributed by atoms with Crippen molar-refractivity contribution in [2.75, 3.05) is 17.6 Å². The van der Waals surface area contributed by atoms with E-state index in [1.54, 1.807) is 24.4 Å². The summed E-state index contributed by atoms with van der Waals surface area (Å²) in [6.45, 7) is 0.608. The first-order valence-corrected chi connectivity index (χ1v) is 6.34. The lowest BCUT2D eigenvalue weighted by Crippen LogP contribution is -2.08. The molecule has 2 rings (SSSR count). The Bertz CT molecular complexity index is 546. The van der Waals surface area contributed by atoms with Crippen LogP contribution in [0.5, 0.6) is 0 Å². The molecule has 0 aliphatic rings. The molecule has 3 N–H and O–H groups in total. The summed E-state index contributed by atoms with van der Waals surface area (Å²) in [6, 6.07) is 8.54. The van der Waals surface area contributed by atoms with Crippen LogP contribution in [0, 0.1) is 5.82 Å². The van der Waals surface area contributed by atoms with Gasteiger partial charge >= 0.3 is 0 Å². The minimum Gasteiger partial charge on any atom is -0.397 e. The summed E-state index contributed by atoms with van der Waals surface area (Å²) in [4.78, 5) is 4.15. The van der Waals surface area contributed by atoms with Gasteiger partial charge in [0.2, 0.25) is 0 Å². The number of anilines is 2. The summed E-state index contributed by atoms with van der Waals surface area (Å²) in [5.74, 6) is 0.532. The van der Waals surface area contributed by atoms with Gasteiger partial charge in [-0.3, -0.25) is 0 Å². The molecule has 1 aromatic carbocycles. The van der Waals surface area contributed by atoms with E-state index in [0.717, 1.165) is 4.47 Å². The highest BCUT2D eigenvalue weighted by atomic mass is 79.9. The Hall–Kier alpha value is -1.62. The van der Waals surface area contributed by atoms with Crippen LogP contribution in [0.15, 0.2) is 41.0 Å². The fourth-order valence-electron chi connectivity index (χ4n) is 1.60. The van der Waals surface area contributed by atoms with Crippen LogP contribution >= 0.6 is 15.9 Å². The van der Waals surface area contributed by atoms with Crippen LogP contribution in [-0.4, -0.2) is 11.5 Å². The Labute approximate surface area is 113 Å². The molecule has 0 fully saturated rings. The minimum atomic E-state index is -0.177. The van der Waals surface area contributed by atoms with E-state index < -0.39 is 0 Å². The maximum Gasteiger partial charge on any atom is 0.140 e. The average molecular weight is 310 g/mol. The average Bonchev–Trinajstić information content (AvgIpc) is 2.34. The SMILES string of the molecule is Nc1cnc(NCCc2ccccc2F)c(Br)c1. The van der Waals surface area contributed by atoms with Crippen molar-refractivity contribution in [3.63, 3.8) is 0 Å². The molecule has 0 bridgehead atoms. The van der Waals surface area contributed by atoms with Gasteiger partial charge in [0.15, 0.2) is 0 Å². The van der Waals surface area contributed by atoms with Crippen LogP contribution in [0.4, 0.5) is 15.9 Å². The van der Waals surface area contributed by atoms with E-state index in [2.05, 4.69) is 26.2 Å². The van der Waals surface area contributed by atoms with Crippen molar-refractivity contribution in [3.05, 3.63) is 52.4 Å². The van der Waals surface area contributed by atoms with Gasteiger partial charge in [-0.2, -0.15) is 0 Å². The normalized spacial score (nSPS) is 10.3. The lowest BCUT2D eigenvalue weighted by atomic mass is 10.1. The Morgan fingerprint density at radius 2 is 2.11 bits per heavy atom. The number of nitrogen functional groups attached to an aromatic ring is 1. The second kappa shape index (κ2) is 5.82. The molecule has 0 aliphatic heterocycles. The number of halogens is 2. The number of rotatable bonds is 4. The molecule has 0 radical (unpaired) electrons. The van der Waals surface area contributed by atoms with Gasteiger partial charge in [0, 0.05) is 6.54 Å². The zero-order chi connectivity index (χ0) is 13.0. The summed E-state index contributed by atoms with van der Waals surface area (Å²) < 4.78 is 14.2. The highest BCUT2D eigenvalue weighted by Gasteiger charge is 2.03. The number of hydrogen-bond donors (Lipinski definition) is 2. The smallest absolute Gasteiger partial charge is 0.140 e. The monoisotopic (exact) mass is 309 g/mol. The predicted octanol–water partition coefficient (Wildman–Crippen LogP) is 3.22. The molecule has 1 heterocycles. The molecule has 18 heavy (non-hydrogen) atoms. The first-order valence-electron chi connectivity index (χ1n) is 5.55. The number of hydrogen-bond acceptors (Lipinski definition) is 3. The third-order valence-electron chi connectivity index (χ3n) is 2.51. The van der Waals surface area contributed by atoms with Crippen LogP contribution in [0.1, 0.15) is 5.56 Å². The van der Waals surface area contributed by atoms with Crippen molar-refractivity contribution < 1.29 is 4.39 Å². The topological polar surface area (TPSA) is 50.9 Å². The molecular weight excluding hydrogens is 297 g/mol. The molecular formula is C13H13BrFN3. The maximum absolute atomic E-state index is 13.4. The molecule has 0 unspecified atom stereocenters. The second-order valence-electron chi connectivity index (χ2n) is 3.87. The zero-order valence-electron chi connectivity index (χ0n) is 9.66. The van der Waals surface area contributed by atoms with Gasteiger partial charge in [-0.25, -0.2) is 9.37 Å². The summed E-state index contributed by atoms with van der Waals surface area (Å²) in [5, 5.41) is 3.14. The van der Waals surface area contributed by atoms with Gasteiger partial charge in [0.1, 0.15) is 11.6 Å². The number of aromatic nitrogens is 1. The number of nitrogens with zero attached hydrogens (tertiary/aromatic N) is 1. The lowest BCUT2D eigenvalue weighted by molar-refractivity contribution is 0.610. The number of benzene rings is 1. The quantitative estimate of drug-likeness (QED) is 0.911. The standard InChI is InChI=1S/C13H13BrFN3/c14-11-7-10(16)8-18-13(11)17-6-5-9-3-1-2-4-12(9)15/h1-4,7-8H,5-6,16H2,(H,17,18). The highest BCUT2D eigenvalue weighted by Crippen LogP contribution is 2.21. The van der Waals surface area contributed by atoms with Crippen LogP contribution in [-0.2, 0) is 6.42 Å². The van der Waals surface area contributed by atoms with Gasteiger partial charge in [-0.05, 0) is 40.0 Å². The predicted molar refractivity (Wildman–Crippen MR) is 74.9 cm³/mol. The zero-order valence-corrected chi connectivity index (χ0v) is 11.2. The molecule has 0 amide bonds. The number of nitrogens with one attached hydrogen (secondary N) is 1. The molecule has 0 spiro atoms. The van der Waals surface area contributed by atoms with E-state index in [4.69, 9.17) is 5.73 Å². The summed E-state index contributed by atoms with van der Waals surface area (Å²) >= 11 is 3.37. The molecule has 94 valence electrons. The summed E-state index contributed by atoms with van der Waals surface area (Å²) in [5.41, 5.74) is 6.89. The van der Waals surface area contributed by atoms with E-state index >= 15 is 0 Å². The number of pyridine rings is 1. The molecule has 0 atom stereocenters. The van der Waals surface area contributed by atoms with Crippen molar-refractivity contribution in [1.82, 2.24) is 4.98 Å². The molecule has 0 saturated heterocycles. The van der Waals surface area contributed by atoms with E-state index in [-0.39, 0.29) is 5.82 Å². The summed E-state index contributed by atoms with van der Waals surface area (Å²) in [6.07, 6.45) is 2.18. The van der Waals surface area contributed by atoms with Gasteiger partial charge in [0.05, 0.1) is 16.4 Å². The minimum absolute atomic E-state index is 0.177. The maximum atomic E-state index is 13.4. The van der Waals surface area contributed by atoms with E-state index in [9.17, 15) is 4.39 Å². The molecule has 0 saturated carbocycles. The first kappa shape index (κ1) is 12.8. The van der Waals surface area contributed by atoms with Gasteiger partial charge in [-0.1, -0.05) is 18.2 Å². The van der Waals surface area contributed by atoms with Crippen molar-refractivity contribution in [1.29, 1.82) is 0 Å². The Morgan fingerprint density at radius 1 is 1.33 bits per heavy atom. The second-order valence-corrected chi connectivity index (χ2v) is 4.72. The third kappa shape index (κ3) is 3.20. The van der Waals surface area contributed by atoms with Crippen molar-refractivity contribution in [3.8, 4) is 0 Å². The van der Waals surface area contributed by atoms with Gasteiger partial charge in [0.25, 0.3) is 0 Å². The van der Waals surface area contributed by atoms with E-state index in [1.807, 2.05) is 6.07 Å². The van der Waals surface area contributed by atoms with Crippen molar-refractivity contribution >= 4 is 27.4 Å². The van der Waals surface area contributed by atoms with E-state index in [1.165, 1.54) is 6.07 Å². The lowest BCUT2D eigenvalue weighted by Gasteiger charge is -2.08. The molecule has 5 heteroatoms. The fourth-order valence-corrected chi connectivity index (χ4v) is 2.11. The fraction of sp³-hybridized carbons (Fsp3) is 0.154. The largest absolute Gasteiger partial charge is 0.397 e. The van der Waals surface area contributed by atoms with Crippen LogP contribution < -0.4 is 11.1 Å². The molecule has 1 aromatic heterocycles. The highest BCUT2D eigenvalue weighted by molar-refractivity contribution is 9.10. The molecule has 0 aliphatic carbocycles. The molecule has 3 nitrogen and oxygen atoms in total. The number of nitrogens with two attached hydrogens (primary N) is 1. The molecule has 2 aromatic rings. The Balaban J connectivity index is 1.95. The van der Waals surface area contributed by atoms with Crippen LogP contribution in [0.25, 0.3) is 0 Å². The summed E-state index contributed by atoms with van der Waals surface area (Å²) in [7, 11) is 0. The Morgan fingerprint density at radius 3 is 2.83 bits per heavy atom. The van der Waals surface area contributed by atoms with Gasteiger partial charge in [-0.15, -0.1) is 0 Å². The van der Waals surface area contributed by atoms with Crippen molar-refractivity contribution in [2.24, 2.45) is 0 Å².